The number of benzene rings is 1. The van der Waals surface area contributed by atoms with Gasteiger partial charge in [0.05, 0.1) is 35.0 Å². The molecular weight excluding hydrogens is 342 g/mol. The number of hydrogen-bond acceptors (Lipinski definition) is 3. The Morgan fingerprint density at radius 1 is 1.11 bits per heavy atom. The number of fused-ring (bicyclic) bond motifs is 3. The van der Waals surface area contributed by atoms with Crippen LogP contribution in [0.5, 0.6) is 0 Å². The van der Waals surface area contributed by atoms with Gasteiger partial charge >= 0.3 is 5.69 Å². The van der Waals surface area contributed by atoms with E-state index in [1.54, 1.807) is 11.6 Å². The second-order valence-corrected chi connectivity index (χ2v) is 7.67. The molecule has 142 valence electrons. The van der Waals surface area contributed by atoms with Gasteiger partial charge in [0.15, 0.2) is 0 Å². The highest BCUT2D eigenvalue weighted by Gasteiger charge is 2.32. The Kier molecular flexibility index (Phi) is 4.30. The van der Waals surface area contributed by atoms with Crippen LogP contribution in [0.15, 0.2) is 39.9 Å². The molecule has 27 heavy (non-hydrogen) atoms. The van der Waals surface area contributed by atoms with Crippen molar-refractivity contribution in [2.75, 3.05) is 6.61 Å². The summed E-state index contributed by atoms with van der Waals surface area (Å²) in [5, 5.41) is 0.597. The van der Waals surface area contributed by atoms with E-state index in [9.17, 15) is 9.59 Å². The first kappa shape index (κ1) is 17.8. The molecule has 3 heterocycles. The number of aromatic nitrogens is 3. The fourth-order valence-electron chi connectivity index (χ4n) is 4.17. The van der Waals surface area contributed by atoms with Crippen LogP contribution in [0.25, 0.3) is 22.2 Å². The minimum absolute atomic E-state index is 0.128. The molecule has 6 heteroatoms. The van der Waals surface area contributed by atoms with Crippen molar-refractivity contribution in [2.45, 2.75) is 32.9 Å². The molecule has 0 amide bonds. The van der Waals surface area contributed by atoms with Crippen molar-refractivity contribution in [3.63, 3.8) is 0 Å². The molecule has 1 aromatic carbocycles. The first-order valence-electron chi connectivity index (χ1n) is 9.41. The predicted octanol–water partition coefficient (Wildman–Crippen LogP) is 2.82. The number of aryl methyl sites for hydroxylation is 1. The SMILES string of the molecule is CC(C)CC1OCCn2c(-c3ccccc3)c3c(=O)n(C)c(=O)n(C)c3c21. The van der Waals surface area contributed by atoms with E-state index in [1.807, 2.05) is 30.3 Å². The average molecular weight is 367 g/mol. The third kappa shape index (κ3) is 2.67. The lowest BCUT2D eigenvalue weighted by molar-refractivity contribution is 0.00924. The molecule has 0 N–H and O–H groups in total. The molecule has 0 radical (unpaired) electrons. The lowest BCUT2D eigenvalue weighted by Crippen LogP contribution is -2.37. The van der Waals surface area contributed by atoms with Gasteiger partial charge in [0.1, 0.15) is 0 Å². The summed E-state index contributed by atoms with van der Waals surface area (Å²) in [7, 11) is 3.28. The summed E-state index contributed by atoms with van der Waals surface area (Å²) in [6, 6.07) is 9.93. The van der Waals surface area contributed by atoms with Crippen molar-refractivity contribution in [3.8, 4) is 11.3 Å². The van der Waals surface area contributed by atoms with Gasteiger partial charge in [-0.2, -0.15) is 0 Å². The summed E-state index contributed by atoms with van der Waals surface area (Å²) >= 11 is 0. The molecule has 1 unspecified atom stereocenters. The fraction of sp³-hybridized carbons (Fsp3) is 0.429. The maximum atomic E-state index is 13.1. The zero-order valence-electron chi connectivity index (χ0n) is 16.2. The molecule has 2 aromatic heterocycles. The van der Waals surface area contributed by atoms with Gasteiger partial charge in [0, 0.05) is 20.6 Å². The Morgan fingerprint density at radius 2 is 1.81 bits per heavy atom. The highest BCUT2D eigenvalue weighted by Crippen LogP contribution is 2.39. The Labute approximate surface area is 157 Å². The average Bonchev–Trinajstić information content (AvgIpc) is 3.01. The van der Waals surface area contributed by atoms with Gasteiger partial charge in [-0.15, -0.1) is 0 Å². The van der Waals surface area contributed by atoms with Crippen molar-refractivity contribution < 1.29 is 4.74 Å². The van der Waals surface area contributed by atoms with E-state index in [1.165, 1.54) is 11.6 Å². The predicted molar refractivity (Wildman–Crippen MR) is 106 cm³/mol. The molecule has 0 bridgehead atoms. The number of ether oxygens (including phenoxy) is 1. The van der Waals surface area contributed by atoms with Crippen LogP contribution in [0.4, 0.5) is 0 Å². The zero-order chi connectivity index (χ0) is 19.3. The van der Waals surface area contributed by atoms with Crippen molar-refractivity contribution >= 4 is 10.9 Å². The first-order valence-corrected chi connectivity index (χ1v) is 9.41. The van der Waals surface area contributed by atoms with Crippen LogP contribution in [0.3, 0.4) is 0 Å². The van der Waals surface area contributed by atoms with Gasteiger partial charge in [-0.3, -0.25) is 13.9 Å². The fourth-order valence-corrected chi connectivity index (χ4v) is 4.17. The van der Waals surface area contributed by atoms with Gasteiger partial charge < -0.3 is 9.30 Å². The van der Waals surface area contributed by atoms with Gasteiger partial charge in [0.2, 0.25) is 0 Å². The molecule has 0 saturated heterocycles. The lowest BCUT2D eigenvalue weighted by Gasteiger charge is -2.28. The molecule has 1 aliphatic heterocycles. The maximum absolute atomic E-state index is 13.1. The van der Waals surface area contributed by atoms with Gasteiger partial charge in [0.25, 0.3) is 5.56 Å². The van der Waals surface area contributed by atoms with E-state index in [0.717, 1.165) is 23.4 Å². The number of hydrogen-bond donors (Lipinski definition) is 0. The highest BCUT2D eigenvalue weighted by atomic mass is 16.5. The minimum Gasteiger partial charge on any atom is -0.370 e. The molecule has 1 atom stereocenters. The van der Waals surface area contributed by atoms with Crippen LogP contribution < -0.4 is 11.2 Å². The highest BCUT2D eigenvalue weighted by molar-refractivity contribution is 5.96. The van der Waals surface area contributed by atoms with Crippen molar-refractivity contribution in [1.29, 1.82) is 0 Å². The zero-order valence-corrected chi connectivity index (χ0v) is 16.2. The molecule has 4 rings (SSSR count). The minimum atomic E-state index is -0.311. The second kappa shape index (κ2) is 6.53. The Hall–Kier alpha value is -2.60. The lowest BCUT2D eigenvalue weighted by atomic mass is 10.0. The number of rotatable bonds is 3. The summed E-state index contributed by atoms with van der Waals surface area (Å²) in [5.41, 5.74) is 2.95. The second-order valence-electron chi connectivity index (χ2n) is 7.67. The van der Waals surface area contributed by atoms with Crippen LogP contribution >= 0.6 is 0 Å². The van der Waals surface area contributed by atoms with Gasteiger partial charge in [-0.05, 0) is 17.9 Å². The number of nitrogens with zero attached hydrogens (tertiary/aromatic N) is 3. The standard InChI is InChI=1S/C21H25N3O3/c1-13(2)12-15-18-19-16(20(25)23(4)21(26)22(19)3)17(24(18)10-11-27-15)14-8-6-5-7-9-14/h5-9,13,15H,10-12H2,1-4H3. The Balaban J connectivity index is 2.18. The smallest absolute Gasteiger partial charge is 0.331 e. The first-order chi connectivity index (χ1) is 12.9. The Bertz CT molecular complexity index is 1120. The van der Waals surface area contributed by atoms with E-state index in [0.29, 0.717) is 30.0 Å². The molecule has 0 spiro atoms. The monoisotopic (exact) mass is 367 g/mol. The normalized spacial score (nSPS) is 16.9. The molecule has 3 aromatic rings. The summed E-state index contributed by atoms with van der Waals surface area (Å²) in [5.74, 6) is 0.440. The summed E-state index contributed by atoms with van der Waals surface area (Å²) in [4.78, 5) is 25.8. The van der Waals surface area contributed by atoms with Crippen molar-refractivity contribution in [2.24, 2.45) is 20.0 Å². The van der Waals surface area contributed by atoms with E-state index in [4.69, 9.17) is 4.74 Å². The van der Waals surface area contributed by atoms with Crippen molar-refractivity contribution in [1.82, 2.24) is 13.7 Å². The van der Waals surface area contributed by atoms with E-state index in [2.05, 4.69) is 18.4 Å². The third-order valence-electron chi connectivity index (χ3n) is 5.38. The largest absolute Gasteiger partial charge is 0.370 e. The van der Waals surface area contributed by atoms with Crippen LogP contribution in [0.1, 0.15) is 32.1 Å². The van der Waals surface area contributed by atoms with Gasteiger partial charge in [-0.25, -0.2) is 4.79 Å². The summed E-state index contributed by atoms with van der Waals surface area (Å²) in [6.45, 7) is 5.58. The van der Waals surface area contributed by atoms with E-state index < -0.39 is 0 Å². The summed E-state index contributed by atoms with van der Waals surface area (Å²) < 4.78 is 11.1. The molecule has 6 nitrogen and oxygen atoms in total. The van der Waals surface area contributed by atoms with Crippen LogP contribution in [0.2, 0.25) is 0 Å². The quantitative estimate of drug-likeness (QED) is 0.715. The molecule has 0 fully saturated rings. The van der Waals surface area contributed by atoms with Gasteiger partial charge in [-0.1, -0.05) is 44.2 Å². The molecule has 0 aliphatic carbocycles. The molecule has 0 saturated carbocycles. The molecular formula is C21H25N3O3. The van der Waals surface area contributed by atoms with Crippen LogP contribution in [-0.4, -0.2) is 20.3 Å². The van der Waals surface area contributed by atoms with E-state index in [-0.39, 0.29) is 17.4 Å². The molecule has 1 aliphatic rings. The Morgan fingerprint density at radius 3 is 2.48 bits per heavy atom. The van der Waals surface area contributed by atoms with Crippen molar-refractivity contribution in [3.05, 3.63) is 56.9 Å². The topological polar surface area (TPSA) is 58.2 Å². The maximum Gasteiger partial charge on any atom is 0.331 e. The van der Waals surface area contributed by atoms with Crippen LogP contribution in [0, 0.1) is 5.92 Å². The van der Waals surface area contributed by atoms with E-state index >= 15 is 0 Å². The summed E-state index contributed by atoms with van der Waals surface area (Å²) in [6.07, 6.45) is 0.716. The van der Waals surface area contributed by atoms with Crippen LogP contribution in [-0.2, 0) is 25.4 Å². The third-order valence-corrected chi connectivity index (χ3v) is 5.38.